The van der Waals surface area contributed by atoms with E-state index in [0.717, 1.165) is 15.6 Å². The summed E-state index contributed by atoms with van der Waals surface area (Å²) in [5.74, 6) is 0.347. The summed E-state index contributed by atoms with van der Waals surface area (Å²) in [6.07, 6.45) is -0.450. The van der Waals surface area contributed by atoms with Gasteiger partial charge in [0.25, 0.3) is 0 Å². The maximum Gasteiger partial charge on any atom is 0.128 e. The van der Waals surface area contributed by atoms with E-state index in [1.165, 1.54) is 12.1 Å². The van der Waals surface area contributed by atoms with Crippen LogP contribution in [0.2, 0.25) is 0 Å². The molecule has 0 fully saturated rings. The van der Waals surface area contributed by atoms with Crippen LogP contribution in [0.1, 0.15) is 29.8 Å². The van der Waals surface area contributed by atoms with E-state index in [4.69, 9.17) is 4.74 Å². The van der Waals surface area contributed by atoms with E-state index in [2.05, 4.69) is 31.9 Å². The Balaban J connectivity index is 1.98. The first-order valence-corrected chi connectivity index (χ1v) is 7.72. The summed E-state index contributed by atoms with van der Waals surface area (Å²) in [6.45, 7) is 0. The van der Waals surface area contributed by atoms with Crippen LogP contribution in [0.4, 0.5) is 4.39 Å². The first kappa shape index (κ1) is 14.0. The van der Waals surface area contributed by atoms with Crippen LogP contribution in [-0.2, 0) is 0 Å². The molecule has 2 nitrogen and oxygen atoms in total. The predicted molar refractivity (Wildman–Crippen MR) is 81.2 cm³/mol. The number of aliphatic hydroxyl groups excluding tert-OH is 1. The van der Waals surface area contributed by atoms with Crippen molar-refractivity contribution in [3.8, 4) is 5.75 Å². The second-order valence-electron chi connectivity index (χ2n) is 4.71. The van der Waals surface area contributed by atoms with Crippen molar-refractivity contribution in [3.63, 3.8) is 0 Å². The second-order valence-corrected chi connectivity index (χ2v) is 6.48. The fourth-order valence-corrected chi connectivity index (χ4v) is 3.32. The molecule has 0 amide bonds. The molecule has 1 aliphatic heterocycles. The van der Waals surface area contributed by atoms with Crippen molar-refractivity contribution >= 4 is 31.9 Å². The molecule has 5 heteroatoms. The highest BCUT2D eigenvalue weighted by Gasteiger charge is 2.29. The lowest BCUT2D eigenvalue weighted by Crippen LogP contribution is -2.19. The van der Waals surface area contributed by atoms with Gasteiger partial charge in [-0.3, -0.25) is 0 Å². The highest BCUT2D eigenvalue weighted by Crippen LogP contribution is 2.43. The van der Waals surface area contributed by atoms with Crippen LogP contribution in [0.15, 0.2) is 45.3 Å². The number of rotatable bonds is 1. The SMILES string of the molecule is O[C@H]1CC(c2ccc(F)cc2Br)Oc2cc(Br)ccc21. The van der Waals surface area contributed by atoms with E-state index in [0.29, 0.717) is 16.6 Å². The number of hydrogen-bond donors (Lipinski definition) is 1. The lowest BCUT2D eigenvalue weighted by Gasteiger charge is -2.30. The minimum atomic E-state index is -0.589. The fraction of sp³-hybridized carbons (Fsp3) is 0.200. The van der Waals surface area contributed by atoms with Crippen LogP contribution < -0.4 is 4.74 Å². The third-order valence-electron chi connectivity index (χ3n) is 3.35. The molecule has 1 aliphatic rings. The van der Waals surface area contributed by atoms with Gasteiger partial charge in [-0.05, 0) is 24.3 Å². The molecule has 2 atom stereocenters. The van der Waals surface area contributed by atoms with Crippen LogP contribution in [0.5, 0.6) is 5.75 Å². The molecule has 2 aromatic rings. The van der Waals surface area contributed by atoms with Crippen LogP contribution in [0.25, 0.3) is 0 Å². The quantitative estimate of drug-likeness (QED) is 0.735. The van der Waals surface area contributed by atoms with Gasteiger partial charge in [-0.2, -0.15) is 0 Å². The lowest BCUT2D eigenvalue weighted by molar-refractivity contribution is 0.0653. The van der Waals surface area contributed by atoms with E-state index in [-0.39, 0.29) is 11.9 Å². The van der Waals surface area contributed by atoms with Crippen molar-refractivity contribution < 1.29 is 14.2 Å². The number of hydrogen-bond acceptors (Lipinski definition) is 2. The maximum atomic E-state index is 13.2. The van der Waals surface area contributed by atoms with Crippen molar-refractivity contribution in [3.05, 3.63) is 62.3 Å². The zero-order chi connectivity index (χ0) is 14.3. The Hall–Kier alpha value is -0.910. The van der Waals surface area contributed by atoms with E-state index >= 15 is 0 Å². The van der Waals surface area contributed by atoms with E-state index < -0.39 is 6.10 Å². The van der Waals surface area contributed by atoms with Crippen molar-refractivity contribution in [1.82, 2.24) is 0 Å². The Labute approximate surface area is 132 Å². The monoisotopic (exact) mass is 400 g/mol. The molecule has 1 heterocycles. The molecule has 0 bridgehead atoms. The second kappa shape index (κ2) is 5.47. The minimum absolute atomic E-state index is 0.304. The number of ether oxygens (including phenoxy) is 1. The number of aliphatic hydroxyl groups is 1. The Bertz CT molecular complexity index is 660. The molecule has 20 heavy (non-hydrogen) atoms. The van der Waals surface area contributed by atoms with Crippen LogP contribution in [0, 0.1) is 5.82 Å². The molecule has 3 rings (SSSR count). The summed E-state index contributed by atoms with van der Waals surface area (Å²) < 4.78 is 20.6. The predicted octanol–water partition coefficient (Wildman–Crippen LogP) is 4.91. The topological polar surface area (TPSA) is 29.5 Å². The minimum Gasteiger partial charge on any atom is -0.485 e. The normalized spacial score (nSPS) is 21.2. The molecule has 0 saturated heterocycles. The van der Waals surface area contributed by atoms with Gasteiger partial charge in [0.1, 0.15) is 17.7 Å². The van der Waals surface area contributed by atoms with Crippen molar-refractivity contribution in [2.75, 3.05) is 0 Å². The van der Waals surface area contributed by atoms with Crippen molar-refractivity contribution in [2.45, 2.75) is 18.6 Å². The summed E-state index contributed by atoms with van der Waals surface area (Å²) >= 11 is 6.74. The molecule has 2 aromatic carbocycles. The van der Waals surface area contributed by atoms with E-state index in [1.54, 1.807) is 6.07 Å². The van der Waals surface area contributed by atoms with Gasteiger partial charge < -0.3 is 9.84 Å². The first-order valence-electron chi connectivity index (χ1n) is 6.13. The number of benzene rings is 2. The smallest absolute Gasteiger partial charge is 0.128 e. The number of halogens is 3. The van der Waals surface area contributed by atoms with E-state index in [1.807, 2.05) is 18.2 Å². The van der Waals surface area contributed by atoms with Crippen molar-refractivity contribution in [1.29, 1.82) is 0 Å². The third kappa shape index (κ3) is 2.62. The fourth-order valence-electron chi connectivity index (χ4n) is 2.37. The summed E-state index contributed by atoms with van der Waals surface area (Å²) in [7, 11) is 0. The first-order chi connectivity index (χ1) is 9.54. The molecular formula is C15H11Br2FO2. The number of fused-ring (bicyclic) bond motifs is 1. The summed E-state index contributed by atoms with van der Waals surface area (Å²) in [6, 6.07) is 10.0. The summed E-state index contributed by atoms with van der Waals surface area (Å²) in [5, 5.41) is 10.2. The van der Waals surface area contributed by atoms with Crippen LogP contribution >= 0.6 is 31.9 Å². The van der Waals surface area contributed by atoms with Gasteiger partial charge in [0, 0.05) is 26.5 Å². The Morgan fingerprint density at radius 1 is 1.10 bits per heavy atom. The summed E-state index contributed by atoms with van der Waals surface area (Å²) in [4.78, 5) is 0. The van der Waals surface area contributed by atoms with Gasteiger partial charge >= 0.3 is 0 Å². The molecular weight excluding hydrogens is 391 g/mol. The molecule has 0 aromatic heterocycles. The van der Waals surface area contributed by atoms with Gasteiger partial charge in [-0.25, -0.2) is 4.39 Å². The molecule has 0 spiro atoms. The Morgan fingerprint density at radius 3 is 2.60 bits per heavy atom. The van der Waals surface area contributed by atoms with Gasteiger partial charge in [0.2, 0.25) is 0 Å². The largest absolute Gasteiger partial charge is 0.485 e. The molecule has 0 saturated carbocycles. The lowest BCUT2D eigenvalue weighted by atomic mass is 9.95. The highest BCUT2D eigenvalue weighted by atomic mass is 79.9. The Kier molecular flexibility index (Phi) is 3.84. The van der Waals surface area contributed by atoms with Crippen LogP contribution in [-0.4, -0.2) is 5.11 Å². The highest BCUT2D eigenvalue weighted by molar-refractivity contribution is 9.10. The molecule has 0 aliphatic carbocycles. The zero-order valence-corrected chi connectivity index (χ0v) is 13.5. The average molecular weight is 402 g/mol. The molecule has 1 N–H and O–H groups in total. The zero-order valence-electron chi connectivity index (χ0n) is 10.3. The average Bonchev–Trinajstić information content (AvgIpc) is 2.37. The van der Waals surface area contributed by atoms with E-state index in [9.17, 15) is 9.50 Å². The Morgan fingerprint density at radius 2 is 1.85 bits per heavy atom. The summed E-state index contributed by atoms with van der Waals surface area (Å²) in [5.41, 5.74) is 1.61. The molecule has 104 valence electrons. The maximum absolute atomic E-state index is 13.2. The van der Waals surface area contributed by atoms with Gasteiger partial charge in [0.05, 0.1) is 6.10 Å². The standard InChI is InChI=1S/C15H11Br2FO2/c16-8-1-3-11-13(19)7-15(20-14(11)5-8)10-4-2-9(18)6-12(10)17/h1-6,13,15,19H,7H2/t13-,15?/m0/s1. The van der Waals surface area contributed by atoms with Gasteiger partial charge in [0.15, 0.2) is 0 Å². The van der Waals surface area contributed by atoms with Gasteiger partial charge in [-0.1, -0.05) is 44.0 Å². The molecule has 0 radical (unpaired) electrons. The molecule has 1 unspecified atom stereocenters. The third-order valence-corrected chi connectivity index (χ3v) is 4.53. The van der Waals surface area contributed by atoms with Gasteiger partial charge in [-0.15, -0.1) is 0 Å². The van der Waals surface area contributed by atoms with Crippen molar-refractivity contribution in [2.24, 2.45) is 0 Å². The van der Waals surface area contributed by atoms with Crippen LogP contribution in [0.3, 0.4) is 0 Å².